The van der Waals surface area contributed by atoms with Crippen molar-refractivity contribution in [2.45, 2.75) is 24.3 Å². The highest BCUT2D eigenvalue weighted by atomic mass is 32.2. The molecular weight excluding hydrogens is 265 g/mol. The maximum Gasteiger partial charge on any atom is 0.257 e. The van der Waals surface area contributed by atoms with Gasteiger partial charge in [-0.05, 0) is 6.07 Å². The maximum atomic E-state index is 13.3. The molecule has 1 aromatic rings. The van der Waals surface area contributed by atoms with E-state index >= 15 is 0 Å². The van der Waals surface area contributed by atoms with Gasteiger partial charge < -0.3 is 10.2 Å². The topological polar surface area (TPSA) is 45.2 Å². The molecule has 2 unspecified atom stereocenters. The van der Waals surface area contributed by atoms with Crippen molar-refractivity contribution in [1.29, 1.82) is 0 Å². The van der Waals surface area contributed by atoms with E-state index in [9.17, 15) is 9.18 Å². The van der Waals surface area contributed by atoms with Crippen LogP contribution in [0.15, 0.2) is 12.3 Å². The lowest BCUT2D eigenvalue weighted by molar-refractivity contribution is 0.0753. The standard InChI is InChI=1S/C13H18FN3OS/c1-8-6-17(7-9(2)19-8)13(18)11-4-10(14)5-16-12(11)15-3/h4-5,8-9H,6-7H2,1-3H3,(H,15,16). The minimum atomic E-state index is -0.491. The van der Waals surface area contributed by atoms with Gasteiger partial charge in [-0.2, -0.15) is 11.8 Å². The van der Waals surface area contributed by atoms with Gasteiger partial charge in [0.05, 0.1) is 11.8 Å². The van der Waals surface area contributed by atoms with E-state index in [2.05, 4.69) is 24.1 Å². The SMILES string of the molecule is CNc1ncc(F)cc1C(=O)N1CC(C)SC(C)C1. The van der Waals surface area contributed by atoms with Crippen molar-refractivity contribution in [2.75, 3.05) is 25.5 Å². The molecule has 0 saturated carbocycles. The van der Waals surface area contributed by atoms with Gasteiger partial charge in [0, 0.05) is 30.6 Å². The van der Waals surface area contributed by atoms with Crippen molar-refractivity contribution in [2.24, 2.45) is 0 Å². The van der Waals surface area contributed by atoms with E-state index in [1.807, 2.05) is 11.8 Å². The van der Waals surface area contributed by atoms with Crippen molar-refractivity contribution in [1.82, 2.24) is 9.88 Å². The Morgan fingerprint density at radius 1 is 1.47 bits per heavy atom. The number of rotatable bonds is 2. The number of carbonyl (C=O) groups excluding carboxylic acids is 1. The molecule has 1 saturated heterocycles. The molecule has 2 rings (SSSR count). The van der Waals surface area contributed by atoms with Crippen LogP contribution < -0.4 is 5.32 Å². The summed E-state index contributed by atoms with van der Waals surface area (Å²) in [5, 5.41) is 3.63. The number of pyridine rings is 1. The molecular formula is C13H18FN3OS. The average molecular weight is 283 g/mol. The molecule has 0 aromatic carbocycles. The summed E-state index contributed by atoms with van der Waals surface area (Å²) < 4.78 is 13.3. The van der Waals surface area contributed by atoms with Gasteiger partial charge in [0.2, 0.25) is 0 Å². The Hall–Kier alpha value is -1.30. The molecule has 1 fully saturated rings. The molecule has 104 valence electrons. The van der Waals surface area contributed by atoms with Gasteiger partial charge in [0.1, 0.15) is 11.6 Å². The Labute approximate surface area is 116 Å². The Morgan fingerprint density at radius 3 is 2.68 bits per heavy atom. The first-order chi connectivity index (χ1) is 9.01. The predicted octanol–water partition coefficient (Wildman–Crippen LogP) is 2.23. The lowest BCUT2D eigenvalue weighted by Gasteiger charge is -2.34. The number of thioether (sulfide) groups is 1. The van der Waals surface area contributed by atoms with Crippen LogP contribution in [-0.4, -0.2) is 46.4 Å². The number of amides is 1. The Balaban J connectivity index is 2.26. The van der Waals surface area contributed by atoms with E-state index in [-0.39, 0.29) is 5.91 Å². The fourth-order valence-electron chi connectivity index (χ4n) is 2.32. The van der Waals surface area contributed by atoms with Crippen LogP contribution in [0.25, 0.3) is 0 Å². The molecule has 0 aliphatic carbocycles. The second-order valence-corrected chi connectivity index (χ2v) is 6.65. The first-order valence-corrected chi connectivity index (χ1v) is 7.23. The third kappa shape index (κ3) is 3.18. The van der Waals surface area contributed by atoms with E-state index < -0.39 is 5.82 Å². The zero-order chi connectivity index (χ0) is 14.0. The normalized spacial score (nSPS) is 23.3. The molecule has 1 amide bonds. The van der Waals surface area contributed by atoms with Crippen LogP contribution in [-0.2, 0) is 0 Å². The number of nitrogens with one attached hydrogen (secondary N) is 1. The van der Waals surface area contributed by atoms with E-state index in [1.54, 1.807) is 11.9 Å². The number of carbonyl (C=O) groups is 1. The van der Waals surface area contributed by atoms with Gasteiger partial charge >= 0.3 is 0 Å². The van der Waals surface area contributed by atoms with E-state index in [1.165, 1.54) is 6.07 Å². The summed E-state index contributed by atoms with van der Waals surface area (Å²) in [5.41, 5.74) is 0.300. The van der Waals surface area contributed by atoms with Crippen molar-refractivity contribution in [3.8, 4) is 0 Å². The molecule has 1 aromatic heterocycles. The van der Waals surface area contributed by atoms with Crippen LogP contribution in [0.3, 0.4) is 0 Å². The monoisotopic (exact) mass is 283 g/mol. The van der Waals surface area contributed by atoms with Gasteiger partial charge in [-0.15, -0.1) is 0 Å². The molecule has 4 nitrogen and oxygen atoms in total. The summed E-state index contributed by atoms with van der Waals surface area (Å²) in [6.07, 6.45) is 1.11. The number of anilines is 1. The van der Waals surface area contributed by atoms with Crippen LogP contribution in [0.5, 0.6) is 0 Å². The molecule has 1 aliphatic heterocycles. The minimum absolute atomic E-state index is 0.157. The summed E-state index contributed by atoms with van der Waals surface area (Å²) >= 11 is 1.87. The fourth-order valence-corrected chi connectivity index (χ4v) is 3.64. The summed E-state index contributed by atoms with van der Waals surface area (Å²) in [6, 6.07) is 1.25. The van der Waals surface area contributed by atoms with Crippen LogP contribution in [0.2, 0.25) is 0 Å². The molecule has 1 N–H and O–H groups in total. The van der Waals surface area contributed by atoms with Crippen molar-refractivity contribution in [3.63, 3.8) is 0 Å². The van der Waals surface area contributed by atoms with Gasteiger partial charge in [-0.1, -0.05) is 13.8 Å². The highest BCUT2D eigenvalue weighted by molar-refractivity contribution is 8.00. The highest BCUT2D eigenvalue weighted by Crippen LogP contribution is 2.26. The van der Waals surface area contributed by atoms with E-state index in [4.69, 9.17) is 0 Å². The minimum Gasteiger partial charge on any atom is -0.372 e. The Morgan fingerprint density at radius 2 is 2.11 bits per heavy atom. The van der Waals surface area contributed by atoms with Crippen molar-refractivity contribution >= 4 is 23.5 Å². The zero-order valence-corrected chi connectivity index (χ0v) is 12.1. The number of halogens is 1. The Kier molecular flexibility index (Phi) is 4.29. The van der Waals surface area contributed by atoms with Crippen LogP contribution in [0.4, 0.5) is 10.2 Å². The lowest BCUT2D eigenvalue weighted by atomic mass is 10.2. The third-order valence-electron chi connectivity index (χ3n) is 3.03. The van der Waals surface area contributed by atoms with Gasteiger partial charge in [-0.25, -0.2) is 9.37 Å². The summed E-state index contributed by atoms with van der Waals surface area (Å²) in [5.74, 6) is -0.227. The first-order valence-electron chi connectivity index (χ1n) is 6.29. The number of nitrogens with zero attached hydrogens (tertiary/aromatic N) is 2. The zero-order valence-electron chi connectivity index (χ0n) is 11.3. The average Bonchev–Trinajstić information content (AvgIpc) is 2.36. The largest absolute Gasteiger partial charge is 0.372 e. The van der Waals surface area contributed by atoms with Crippen LogP contribution in [0, 0.1) is 5.82 Å². The number of aromatic nitrogens is 1. The third-order valence-corrected chi connectivity index (χ3v) is 4.26. The van der Waals surface area contributed by atoms with Crippen LogP contribution >= 0.6 is 11.8 Å². The van der Waals surface area contributed by atoms with E-state index in [0.717, 1.165) is 6.20 Å². The fraction of sp³-hybridized carbons (Fsp3) is 0.538. The molecule has 2 heterocycles. The second-order valence-electron chi connectivity index (χ2n) is 4.77. The molecule has 2 atom stereocenters. The Bertz CT molecular complexity index is 473. The highest BCUT2D eigenvalue weighted by Gasteiger charge is 2.28. The van der Waals surface area contributed by atoms with Crippen molar-refractivity contribution < 1.29 is 9.18 Å². The molecule has 0 bridgehead atoms. The molecule has 0 radical (unpaired) electrons. The molecule has 1 aliphatic rings. The molecule has 6 heteroatoms. The van der Waals surface area contributed by atoms with Gasteiger partial charge in [0.15, 0.2) is 0 Å². The number of hydrogen-bond donors (Lipinski definition) is 1. The molecule has 0 spiro atoms. The van der Waals surface area contributed by atoms with E-state index in [0.29, 0.717) is 35.0 Å². The lowest BCUT2D eigenvalue weighted by Crippen LogP contribution is -2.44. The maximum absolute atomic E-state index is 13.3. The summed E-state index contributed by atoms with van der Waals surface area (Å²) in [6.45, 7) is 5.58. The smallest absolute Gasteiger partial charge is 0.257 e. The summed E-state index contributed by atoms with van der Waals surface area (Å²) in [4.78, 5) is 18.2. The second kappa shape index (κ2) is 5.77. The van der Waals surface area contributed by atoms with Gasteiger partial charge in [-0.3, -0.25) is 4.79 Å². The summed E-state index contributed by atoms with van der Waals surface area (Å²) in [7, 11) is 1.67. The predicted molar refractivity (Wildman–Crippen MR) is 76.2 cm³/mol. The molecule has 19 heavy (non-hydrogen) atoms. The van der Waals surface area contributed by atoms with Crippen molar-refractivity contribution in [3.05, 3.63) is 23.6 Å². The van der Waals surface area contributed by atoms with Crippen LogP contribution in [0.1, 0.15) is 24.2 Å². The number of hydrogen-bond acceptors (Lipinski definition) is 4. The first kappa shape index (κ1) is 14.1. The van der Waals surface area contributed by atoms with Gasteiger partial charge in [0.25, 0.3) is 5.91 Å². The quantitative estimate of drug-likeness (QED) is 0.904.